The van der Waals surface area contributed by atoms with Crippen LogP contribution in [0.5, 0.6) is 0 Å². The van der Waals surface area contributed by atoms with Crippen molar-refractivity contribution in [3.05, 3.63) is 40.3 Å². The quantitative estimate of drug-likeness (QED) is 0.738. The number of hydrogen-bond acceptors (Lipinski definition) is 4. The van der Waals surface area contributed by atoms with E-state index in [-0.39, 0.29) is 17.5 Å². The average Bonchev–Trinajstić information content (AvgIpc) is 3.06. The predicted molar refractivity (Wildman–Crippen MR) is 110 cm³/mol. The molecule has 0 radical (unpaired) electrons. The van der Waals surface area contributed by atoms with Crippen LogP contribution in [-0.2, 0) is 4.79 Å². The van der Waals surface area contributed by atoms with Gasteiger partial charge in [0.05, 0.1) is 15.8 Å². The third kappa shape index (κ3) is 3.27. The molecule has 0 bridgehead atoms. The molecule has 1 aliphatic carbocycles. The van der Waals surface area contributed by atoms with Crippen molar-refractivity contribution in [1.29, 1.82) is 0 Å². The number of amides is 1. The Morgan fingerprint density at radius 1 is 1.26 bits per heavy atom. The van der Waals surface area contributed by atoms with Crippen molar-refractivity contribution in [2.75, 3.05) is 0 Å². The van der Waals surface area contributed by atoms with Crippen LogP contribution < -0.4 is 10.9 Å². The monoisotopic (exact) mass is 383 g/mol. The summed E-state index contributed by atoms with van der Waals surface area (Å²) in [7, 11) is 0. The summed E-state index contributed by atoms with van der Waals surface area (Å²) in [6.07, 6.45) is 4.30. The van der Waals surface area contributed by atoms with E-state index in [1.54, 1.807) is 18.3 Å². The fourth-order valence-corrected chi connectivity index (χ4v) is 5.11. The second-order valence-corrected chi connectivity index (χ2v) is 8.83. The van der Waals surface area contributed by atoms with Crippen molar-refractivity contribution in [2.45, 2.75) is 58.5 Å². The van der Waals surface area contributed by atoms with Crippen molar-refractivity contribution in [2.24, 2.45) is 5.92 Å². The topological polar surface area (TPSA) is 64.0 Å². The van der Waals surface area contributed by atoms with Gasteiger partial charge in [-0.2, -0.15) is 5.10 Å². The van der Waals surface area contributed by atoms with Gasteiger partial charge in [-0.3, -0.25) is 9.59 Å². The predicted octanol–water partition coefficient (Wildman–Crippen LogP) is 4.18. The van der Waals surface area contributed by atoms with E-state index in [4.69, 9.17) is 0 Å². The molecule has 0 spiro atoms. The van der Waals surface area contributed by atoms with Crippen LogP contribution in [0.3, 0.4) is 0 Å². The third-order valence-corrected chi connectivity index (χ3v) is 6.99. The molecule has 0 aliphatic heterocycles. The van der Waals surface area contributed by atoms with Gasteiger partial charge in [-0.25, -0.2) is 4.68 Å². The maximum absolute atomic E-state index is 13.2. The van der Waals surface area contributed by atoms with E-state index in [0.29, 0.717) is 5.39 Å². The molecular formula is C21H25N3O2S. The van der Waals surface area contributed by atoms with Gasteiger partial charge in [0.1, 0.15) is 6.04 Å². The first-order valence-electron chi connectivity index (χ1n) is 9.66. The van der Waals surface area contributed by atoms with E-state index in [0.717, 1.165) is 52.1 Å². The maximum Gasteiger partial charge on any atom is 0.276 e. The highest BCUT2D eigenvalue weighted by molar-refractivity contribution is 7.26. The van der Waals surface area contributed by atoms with Crippen LogP contribution in [-0.4, -0.2) is 21.7 Å². The van der Waals surface area contributed by atoms with Crippen LogP contribution in [0.25, 0.3) is 20.2 Å². The Balaban J connectivity index is 1.68. The Labute approximate surface area is 162 Å². The number of aromatic nitrogens is 2. The third-order valence-electron chi connectivity index (χ3n) is 5.71. The van der Waals surface area contributed by atoms with Crippen molar-refractivity contribution in [3.63, 3.8) is 0 Å². The largest absolute Gasteiger partial charge is 0.352 e. The second-order valence-electron chi connectivity index (χ2n) is 7.78. The van der Waals surface area contributed by atoms with E-state index in [1.165, 1.54) is 4.68 Å². The van der Waals surface area contributed by atoms with Gasteiger partial charge >= 0.3 is 0 Å². The Kier molecular flexibility index (Phi) is 4.76. The van der Waals surface area contributed by atoms with E-state index >= 15 is 0 Å². The van der Waals surface area contributed by atoms with Gasteiger partial charge < -0.3 is 5.32 Å². The lowest BCUT2D eigenvalue weighted by atomic mass is 9.87. The highest BCUT2D eigenvalue weighted by Crippen LogP contribution is 2.33. The summed E-state index contributed by atoms with van der Waals surface area (Å²) >= 11 is 1.58. The van der Waals surface area contributed by atoms with Gasteiger partial charge in [-0.05, 0) is 51.5 Å². The number of rotatable bonds is 3. The summed E-state index contributed by atoms with van der Waals surface area (Å²) in [6, 6.07) is 7.47. The molecule has 0 unspecified atom stereocenters. The Morgan fingerprint density at radius 2 is 1.96 bits per heavy atom. The highest BCUT2D eigenvalue weighted by atomic mass is 32.1. The van der Waals surface area contributed by atoms with Crippen LogP contribution in [0.2, 0.25) is 0 Å². The minimum Gasteiger partial charge on any atom is -0.352 e. The molecule has 1 atom stereocenters. The zero-order valence-electron chi connectivity index (χ0n) is 16.0. The summed E-state index contributed by atoms with van der Waals surface area (Å²) in [5.74, 6) is 0.610. The van der Waals surface area contributed by atoms with Gasteiger partial charge in [-0.1, -0.05) is 25.1 Å². The van der Waals surface area contributed by atoms with E-state index in [2.05, 4.69) is 17.3 Å². The second kappa shape index (κ2) is 7.08. The summed E-state index contributed by atoms with van der Waals surface area (Å²) in [5.41, 5.74) is 0.602. The smallest absolute Gasteiger partial charge is 0.276 e. The Hall–Kier alpha value is -2.21. The maximum atomic E-state index is 13.2. The number of benzene rings is 1. The molecule has 1 amide bonds. The van der Waals surface area contributed by atoms with Crippen LogP contribution in [0, 0.1) is 12.8 Å². The van der Waals surface area contributed by atoms with Gasteiger partial charge in [0.15, 0.2) is 0 Å². The lowest BCUT2D eigenvalue weighted by Gasteiger charge is -2.28. The van der Waals surface area contributed by atoms with Crippen LogP contribution in [0.4, 0.5) is 0 Å². The minimum absolute atomic E-state index is 0.123. The van der Waals surface area contributed by atoms with Crippen LogP contribution >= 0.6 is 11.3 Å². The fraction of sp³-hybridized carbons (Fsp3) is 0.476. The summed E-state index contributed by atoms with van der Waals surface area (Å²) in [4.78, 5) is 26.0. The molecule has 6 heteroatoms. The number of nitrogens with zero attached hydrogens (tertiary/aromatic N) is 2. The van der Waals surface area contributed by atoms with Crippen molar-refractivity contribution in [1.82, 2.24) is 15.1 Å². The molecule has 4 rings (SSSR count). The number of carbonyl (C=O) groups excluding carboxylic acids is 1. The molecule has 142 valence electrons. The summed E-state index contributed by atoms with van der Waals surface area (Å²) in [5, 5.41) is 9.22. The lowest BCUT2D eigenvalue weighted by molar-refractivity contribution is -0.125. The van der Waals surface area contributed by atoms with Crippen LogP contribution in [0.1, 0.15) is 51.3 Å². The first-order valence-corrected chi connectivity index (χ1v) is 10.5. The number of fused-ring (bicyclic) bond motifs is 3. The summed E-state index contributed by atoms with van der Waals surface area (Å²) < 4.78 is 3.34. The van der Waals surface area contributed by atoms with Crippen molar-refractivity contribution in [3.8, 4) is 0 Å². The van der Waals surface area contributed by atoms with Gasteiger partial charge in [-0.15, -0.1) is 11.3 Å². The molecule has 1 aliphatic rings. The molecule has 1 fully saturated rings. The number of carbonyl (C=O) groups is 1. The van der Waals surface area contributed by atoms with Crippen LogP contribution in [0.15, 0.2) is 29.1 Å². The molecule has 1 saturated carbocycles. The number of aryl methyl sites for hydroxylation is 1. The van der Waals surface area contributed by atoms with E-state index in [9.17, 15) is 9.59 Å². The first kappa shape index (κ1) is 18.2. The van der Waals surface area contributed by atoms with Gasteiger partial charge in [0.25, 0.3) is 5.56 Å². The SMILES string of the molecule is Cc1nn([C@H](C)C(=O)NC2CCC(C)CC2)c(=O)c2c1sc1ccccc12. The summed E-state index contributed by atoms with van der Waals surface area (Å²) in [6.45, 7) is 5.92. The molecule has 2 aromatic heterocycles. The zero-order chi connectivity index (χ0) is 19.1. The molecule has 3 aromatic rings. The molecule has 1 N–H and O–H groups in total. The van der Waals surface area contributed by atoms with Gasteiger partial charge in [0, 0.05) is 16.1 Å². The average molecular weight is 384 g/mol. The number of thiophene rings is 1. The normalized spacial score (nSPS) is 21.4. The fourth-order valence-electron chi connectivity index (χ4n) is 3.98. The van der Waals surface area contributed by atoms with E-state index in [1.807, 2.05) is 31.2 Å². The molecular weight excluding hydrogens is 358 g/mol. The Morgan fingerprint density at radius 3 is 2.70 bits per heavy atom. The molecule has 1 aromatic carbocycles. The first-order chi connectivity index (χ1) is 13.0. The molecule has 5 nitrogen and oxygen atoms in total. The Bertz CT molecular complexity index is 1060. The highest BCUT2D eigenvalue weighted by Gasteiger charge is 2.25. The van der Waals surface area contributed by atoms with E-state index < -0.39 is 6.04 Å². The molecule has 2 heterocycles. The minimum atomic E-state index is -0.626. The molecule has 27 heavy (non-hydrogen) atoms. The zero-order valence-corrected chi connectivity index (χ0v) is 16.8. The number of nitrogens with one attached hydrogen (secondary N) is 1. The number of hydrogen-bond donors (Lipinski definition) is 1. The standard InChI is InChI=1S/C21H25N3O2S/c1-12-8-10-15(11-9-12)22-20(25)14(3)24-21(26)18-16-6-4-5-7-17(16)27-19(18)13(2)23-24/h4-7,12,14-15H,8-11H2,1-3H3,(H,22,25)/t12?,14-,15?/m1/s1. The lowest BCUT2D eigenvalue weighted by Crippen LogP contribution is -2.43. The molecule has 0 saturated heterocycles. The van der Waals surface area contributed by atoms with Crippen molar-refractivity contribution < 1.29 is 4.79 Å². The van der Waals surface area contributed by atoms with Crippen molar-refractivity contribution >= 4 is 37.4 Å². The van der Waals surface area contributed by atoms with Gasteiger partial charge in [0.2, 0.25) is 5.91 Å².